The molecular formula is C12H17BrN2O4. The van der Waals surface area contributed by atoms with Crippen LogP contribution in [-0.2, 0) is 4.79 Å². The second kappa shape index (κ2) is 6.21. The fourth-order valence-corrected chi connectivity index (χ4v) is 2.10. The molecule has 0 aliphatic rings. The number of carbonyl (C=O) groups excluding carboxylic acids is 1. The van der Waals surface area contributed by atoms with Crippen molar-refractivity contribution in [2.24, 2.45) is 0 Å². The summed E-state index contributed by atoms with van der Waals surface area (Å²) in [5.74, 6) is -1.81. The number of amides is 1. The molecule has 0 aliphatic carbocycles. The molecule has 1 heterocycles. The maximum Gasteiger partial charge on any atom is 0.328 e. The number of hydrogen-bond donors (Lipinski definition) is 3. The molecule has 1 aromatic rings. The smallest absolute Gasteiger partial charge is 0.328 e. The molecule has 1 amide bonds. The first-order valence-electron chi connectivity index (χ1n) is 5.83. The number of carboxylic acid groups (broad SMARTS) is 1. The van der Waals surface area contributed by atoms with Crippen molar-refractivity contribution in [2.75, 3.05) is 0 Å². The summed E-state index contributed by atoms with van der Waals surface area (Å²) < 4.78 is 2.45. The van der Waals surface area contributed by atoms with Crippen molar-refractivity contribution in [1.29, 1.82) is 0 Å². The highest BCUT2D eigenvalue weighted by atomic mass is 79.9. The molecule has 2 atom stereocenters. The summed E-state index contributed by atoms with van der Waals surface area (Å²) in [6, 6.07) is 0.333. The van der Waals surface area contributed by atoms with Gasteiger partial charge in [0, 0.05) is 16.7 Å². The van der Waals surface area contributed by atoms with Crippen LogP contribution >= 0.6 is 15.9 Å². The fraction of sp³-hybridized carbons (Fsp3) is 0.500. The highest BCUT2D eigenvalue weighted by molar-refractivity contribution is 9.10. The summed E-state index contributed by atoms with van der Waals surface area (Å²) >= 11 is 3.28. The molecule has 0 bridgehead atoms. The Morgan fingerprint density at radius 1 is 1.37 bits per heavy atom. The molecule has 0 spiro atoms. The van der Waals surface area contributed by atoms with E-state index >= 15 is 0 Å². The quantitative estimate of drug-likeness (QED) is 0.759. The minimum atomic E-state index is -1.33. The first-order valence-corrected chi connectivity index (χ1v) is 6.62. The molecule has 19 heavy (non-hydrogen) atoms. The molecule has 0 saturated carbocycles. The molecule has 1 aromatic heterocycles. The third kappa shape index (κ3) is 3.81. The molecule has 106 valence electrons. The summed E-state index contributed by atoms with van der Waals surface area (Å²) in [4.78, 5) is 23.0. The Balaban J connectivity index is 2.98. The average molecular weight is 333 g/mol. The maximum atomic E-state index is 12.1. The normalized spacial score (nSPS) is 14.2. The van der Waals surface area contributed by atoms with Crippen LogP contribution in [-0.4, -0.2) is 38.8 Å². The van der Waals surface area contributed by atoms with E-state index in [-0.39, 0.29) is 6.04 Å². The lowest BCUT2D eigenvalue weighted by atomic mass is 10.2. The predicted molar refractivity (Wildman–Crippen MR) is 73.1 cm³/mol. The Labute approximate surface area is 119 Å². The number of aromatic nitrogens is 1. The zero-order valence-corrected chi connectivity index (χ0v) is 12.5. The number of hydrogen-bond acceptors (Lipinski definition) is 3. The predicted octanol–water partition coefficient (Wildman–Crippen LogP) is 1.40. The molecule has 3 N–H and O–H groups in total. The standard InChI is InChI=1S/C12H17BrN2O4/c1-6(2)15-5-8(13)4-9(15)11(17)14-10(7(3)16)12(18)19/h4-7,10,16H,1-3H3,(H,14,17)(H,18,19). The van der Waals surface area contributed by atoms with Crippen LogP contribution in [0.4, 0.5) is 0 Å². The van der Waals surface area contributed by atoms with Crippen molar-refractivity contribution in [2.45, 2.75) is 39.0 Å². The molecule has 0 aliphatic heterocycles. The number of aliphatic carboxylic acids is 1. The summed E-state index contributed by atoms with van der Waals surface area (Å²) in [5.41, 5.74) is 0.341. The molecule has 0 fully saturated rings. The molecule has 0 aromatic carbocycles. The van der Waals surface area contributed by atoms with Crippen LogP contribution in [0.25, 0.3) is 0 Å². The van der Waals surface area contributed by atoms with E-state index in [1.54, 1.807) is 16.8 Å². The first kappa shape index (κ1) is 15.7. The van der Waals surface area contributed by atoms with Gasteiger partial charge in [0.2, 0.25) is 0 Å². The van der Waals surface area contributed by atoms with E-state index in [4.69, 9.17) is 5.11 Å². The van der Waals surface area contributed by atoms with Crippen molar-refractivity contribution in [3.63, 3.8) is 0 Å². The third-order valence-corrected chi connectivity index (χ3v) is 3.07. The van der Waals surface area contributed by atoms with E-state index in [1.165, 1.54) is 6.92 Å². The molecule has 0 radical (unpaired) electrons. The Bertz CT molecular complexity index is 482. The Morgan fingerprint density at radius 2 is 1.95 bits per heavy atom. The van der Waals surface area contributed by atoms with E-state index < -0.39 is 24.0 Å². The van der Waals surface area contributed by atoms with Crippen LogP contribution in [0.15, 0.2) is 16.7 Å². The van der Waals surface area contributed by atoms with Gasteiger partial charge < -0.3 is 20.1 Å². The van der Waals surface area contributed by atoms with Gasteiger partial charge in [0.25, 0.3) is 5.91 Å². The van der Waals surface area contributed by atoms with Gasteiger partial charge in [0.05, 0.1) is 6.10 Å². The van der Waals surface area contributed by atoms with Crippen LogP contribution in [0.2, 0.25) is 0 Å². The third-order valence-electron chi connectivity index (χ3n) is 2.64. The van der Waals surface area contributed by atoms with Gasteiger partial charge in [-0.05, 0) is 42.8 Å². The Hall–Kier alpha value is -1.34. The van der Waals surface area contributed by atoms with Gasteiger partial charge >= 0.3 is 5.97 Å². The van der Waals surface area contributed by atoms with E-state index in [9.17, 15) is 14.7 Å². The monoisotopic (exact) mass is 332 g/mol. The minimum Gasteiger partial charge on any atom is -0.480 e. The van der Waals surface area contributed by atoms with Gasteiger partial charge in [0.1, 0.15) is 5.69 Å². The van der Waals surface area contributed by atoms with Crippen LogP contribution in [0.3, 0.4) is 0 Å². The zero-order chi connectivity index (χ0) is 14.7. The van der Waals surface area contributed by atoms with Gasteiger partial charge in [-0.25, -0.2) is 4.79 Å². The van der Waals surface area contributed by atoms with E-state index in [0.717, 1.165) is 4.47 Å². The van der Waals surface area contributed by atoms with Crippen molar-refractivity contribution in [3.8, 4) is 0 Å². The highest BCUT2D eigenvalue weighted by Gasteiger charge is 2.27. The summed E-state index contributed by atoms with van der Waals surface area (Å²) in [7, 11) is 0. The number of nitrogens with zero attached hydrogens (tertiary/aromatic N) is 1. The molecular weight excluding hydrogens is 316 g/mol. The van der Waals surface area contributed by atoms with Crippen LogP contribution < -0.4 is 5.32 Å². The molecule has 0 saturated heterocycles. The zero-order valence-electron chi connectivity index (χ0n) is 10.9. The van der Waals surface area contributed by atoms with Gasteiger partial charge in [0.15, 0.2) is 6.04 Å². The summed E-state index contributed by atoms with van der Waals surface area (Å²) in [6.07, 6.45) is 0.574. The number of nitrogens with one attached hydrogen (secondary N) is 1. The highest BCUT2D eigenvalue weighted by Crippen LogP contribution is 2.19. The summed E-state index contributed by atoms with van der Waals surface area (Å²) in [5, 5.41) is 20.6. The first-order chi connectivity index (χ1) is 8.73. The largest absolute Gasteiger partial charge is 0.480 e. The molecule has 2 unspecified atom stereocenters. The number of carbonyl (C=O) groups is 2. The SMILES string of the molecule is CC(O)C(NC(=O)c1cc(Br)cn1C(C)C)C(=O)O. The van der Waals surface area contributed by atoms with Crippen molar-refractivity contribution < 1.29 is 19.8 Å². The second-order valence-corrected chi connectivity index (χ2v) is 5.49. The van der Waals surface area contributed by atoms with E-state index in [2.05, 4.69) is 21.2 Å². The lowest BCUT2D eigenvalue weighted by Gasteiger charge is -2.18. The molecule has 1 rings (SSSR count). The van der Waals surface area contributed by atoms with Gasteiger partial charge in [-0.1, -0.05) is 0 Å². The molecule has 6 nitrogen and oxygen atoms in total. The van der Waals surface area contributed by atoms with E-state index in [0.29, 0.717) is 5.69 Å². The lowest BCUT2D eigenvalue weighted by molar-refractivity contribution is -0.141. The fourth-order valence-electron chi connectivity index (χ4n) is 1.66. The Morgan fingerprint density at radius 3 is 2.37 bits per heavy atom. The van der Waals surface area contributed by atoms with Crippen LogP contribution in [0.1, 0.15) is 37.3 Å². The van der Waals surface area contributed by atoms with E-state index in [1.807, 2.05) is 13.8 Å². The topological polar surface area (TPSA) is 91.6 Å². The minimum absolute atomic E-state index is 0.0573. The number of aliphatic hydroxyl groups excluding tert-OH is 1. The van der Waals surface area contributed by atoms with Gasteiger partial charge in [-0.15, -0.1) is 0 Å². The molecule has 7 heteroatoms. The average Bonchev–Trinajstić information content (AvgIpc) is 2.67. The van der Waals surface area contributed by atoms with Gasteiger partial charge in [-0.2, -0.15) is 0 Å². The maximum absolute atomic E-state index is 12.1. The van der Waals surface area contributed by atoms with Crippen LogP contribution in [0, 0.1) is 0 Å². The van der Waals surface area contributed by atoms with Crippen molar-refractivity contribution >= 4 is 27.8 Å². The second-order valence-electron chi connectivity index (χ2n) is 4.57. The van der Waals surface area contributed by atoms with Crippen molar-refractivity contribution in [1.82, 2.24) is 9.88 Å². The van der Waals surface area contributed by atoms with Gasteiger partial charge in [-0.3, -0.25) is 4.79 Å². The Kier molecular flexibility index (Phi) is 5.13. The number of aliphatic hydroxyl groups is 1. The summed E-state index contributed by atoms with van der Waals surface area (Å²) in [6.45, 7) is 5.13. The number of carboxylic acids is 1. The lowest BCUT2D eigenvalue weighted by Crippen LogP contribution is -2.48. The van der Waals surface area contributed by atoms with Crippen LogP contribution in [0.5, 0.6) is 0 Å². The van der Waals surface area contributed by atoms with Crippen molar-refractivity contribution in [3.05, 3.63) is 22.4 Å². The number of halogens is 1. The number of rotatable bonds is 5.